The zero-order valence-corrected chi connectivity index (χ0v) is 18.1. The summed E-state index contributed by atoms with van der Waals surface area (Å²) in [6.07, 6.45) is 3.23. The lowest BCUT2D eigenvalue weighted by Crippen LogP contribution is -2.38. The van der Waals surface area contributed by atoms with Crippen LogP contribution in [0, 0.1) is 0 Å². The second-order valence-corrected chi connectivity index (χ2v) is 8.47. The van der Waals surface area contributed by atoms with E-state index in [2.05, 4.69) is 20.8 Å². The summed E-state index contributed by atoms with van der Waals surface area (Å²) in [5.74, 6) is -0.0721. The Kier molecular flexibility index (Phi) is 6.61. The number of thioether (sulfide) groups is 1. The van der Waals surface area contributed by atoms with Crippen molar-refractivity contribution < 1.29 is 9.59 Å². The molecular formula is C22H24N6O2S. The Morgan fingerprint density at radius 2 is 1.81 bits per heavy atom. The Morgan fingerprint density at radius 1 is 1.03 bits per heavy atom. The maximum atomic E-state index is 13.4. The molecule has 1 saturated heterocycles. The minimum atomic E-state index is -0.442. The second kappa shape index (κ2) is 9.74. The van der Waals surface area contributed by atoms with Crippen LogP contribution in [-0.2, 0) is 9.59 Å². The highest BCUT2D eigenvalue weighted by Crippen LogP contribution is 2.37. The number of nitrogens with one attached hydrogen (secondary N) is 1. The van der Waals surface area contributed by atoms with E-state index in [1.165, 1.54) is 18.7 Å². The predicted octanol–water partition coefficient (Wildman–Crippen LogP) is 3.47. The fourth-order valence-corrected chi connectivity index (χ4v) is 4.69. The number of likely N-dealkylation sites (tertiary alicyclic amines) is 1. The van der Waals surface area contributed by atoms with E-state index < -0.39 is 5.25 Å². The van der Waals surface area contributed by atoms with E-state index in [9.17, 15) is 9.59 Å². The molecule has 1 fully saturated rings. The van der Waals surface area contributed by atoms with Crippen LogP contribution in [0.25, 0.3) is 5.69 Å². The minimum Gasteiger partial charge on any atom is -0.341 e. The van der Waals surface area contributed by atoms with Crippen molar-refractivity contribution in [2.75, 3.05) is 18.4 Å². The third kappa shape index (κ3) is 5.11. The number of rotatable bonds is 6. The average molecular weight is 437 g/mol. The quantitative estimate of drug-likeness (QED) is 0.595. The van der Waals surface area contributed by atoms with Gasteiger partial charge in [0, 0.05) is 25.7 Å². The van der Waals surface area contributed by atoms with Crippen LogP contribution in [0.3, 0.4) is 0 Å². The van der Waals surface area contributed by atoms with Crippen LogP contribution in [-0.4, -0.2) is 50.0 Å². The number of anilines is 1. The van der Waals surface area contributed by atoms with Gasteiger partial charge in [-0.3, -0.25) is 9.59 Å². The Morgan fingerprint density at radius 3 is 2.55 bits per heavy atom. The highest BCUT2D eigenvalue weighted by atomic mass is 32.2. The predicted molar refractivity (Wildman–Crippen MR) is 119 cm³/mol. The standard InChI is InChI=1S/C22H24N6O2S/c1-16(29)23-18-11-8-12-19(15-18)28-22(24-25-26-28)31-20(17-9-4-2-5-10-17)21(30)27-13-6-3-7-14-27/h2,4-5,8-12,15,20H,3,6-7,13-14H2,1H3,(H,23,29). The van der Waals surface area contributed by atoms with E-state index in [0.29, 0.717) is 16.5 Å². The number of tetrazole rings is 1. The molecule has 2 aromatic carbocycles. The molecule has 4 rings (SSSR count). The first kappa shape index (κ1) is 21.0. The van der Waals surface area contributed by atoms with E-state index in [1.807, 2.05) is 47.4 Å². The number of hydrogen-bond donors (Lipinski definition) is 1. The fraction of sp³-hybridized carbons (Fsp3) is 0.318. The summed E-state index contributed by atoms with van der Waals surface area (Å²) in [6.45, 7) is 3.03. The smallest absolute Gasteiger partial charge is 0.240 e. The number of carbonyl (C=O) groups excluding carboxylic acids is 2. The lowest BCUT2D eigenvalue weighted by atomic mass is 10.1. The van der Waals surface area contributed by atoms with Gasteiger partial charge in [-0.05, 0) is 53.5 Å². The Labute approximate surface area is 185 Å². The van der Waals surface area contributed by atoms with Crippen LogP contribution in [0.5, 0.6) is 0 Å². The largest absolute Gasteiger partial charge is 0.341 e. The van der Waals surface area contributed by atoms with Gasteiger partial charge in [0.1, 0.15) is 5.25 Å². The van der Waals surface area contributed by atoms with Gasteiger partial charge in [0.05, 0.1) is 5.69 Å². The third-order valence-corrected chi connectivity index (χ3v) is 6.24. The number of hydrogen-bond acceptors (Lipinski definition) is 6. The van der Waals surface area contributed by atoms with Crippen LogP contribution >= 0.6 is 11.8 Å². The molecule has 31 heavy (non-hydrogen) atoms. The minimum absolute atomic E-state index is 0.0810. The second-order valence-electron chi connectivity index (χ2n) is 7.40. The molecule has 0 spiro atoms. The molecular weight excluding hydrogens is 412 g/mol. The molecule has 2 heterocycles. The summed E-state index contributed by atoms with van der Waals surface area (Å²) >= 11 is 1.34. The van der Waals surface area contributed by atoms with Crippen molar-refractivity contribution in [1.82, 2.24) is 25.1 Å². The lowest BCUT2D eigenvalue weighted by Gasteiger charge is -2.30. The third-order valence-electron chi connectivity index (χ3n) is 5.07. The number of aromatic nitrogens is 4. The van der Waals surface area contributed by atoms with E-state index in [0.717, 1.165) is 37.9 Å². The zero-order valence-electron chi connectivity index (χ0n) is 17.3. The van der Waals surface area contributed by atoms with Crippen molar-refractivity contribution in [3.63, 3.8) is 0 Å². The molecule has 1 aliphatic rings. The number of nitrogens with zero attached hydrogens (tertiary/aromatic N) is 5. The van der Waals surface area contributed by atoms with E-state index in [-0.39, 0.29) is 11.8 Å². The molecule has 1 N–H and O–H groups in total. The molecule has 3 aromatic rings. The van der Waals surface area contributed by atoms with E-state index >= 15 is 0 Å². The Bertz CT molecular complexity index is 1050. The summed E-state index contributed by atoms with van der Waals surface area (Å²) in [5, 5.41) is 15.0. The van der Waals surface area contributed by atoms with Gasteiger partial charge in [0.2, 0.25) is 17.0 Å². The number of amides is 2. The highest BCUT2D eigenvalue weighted by molar-refractivity contribution is 8.00. The Balaban J connectivity index is 1.63. The molecule has 8 nitrogen and oxygen atoms in total. The van der Waals surface area contributed by atoms with Crippen molar-refractivity contribution in [3.8, 4) is 5.69 Å². The summed E-state index contributed by atoms with van der Waals surface area (Å²) in [6, 6.07) is 17.0. The van der Waals surface area contributed by atoms with Crippen molar-refractivity contribution in [1.29, 1.82) is 0 Å². The van der Waals surface area contributed by atoms with Gasteiger partial charge in [-0.2, -0.15) is 4.68 Å². The van der Waals surface area contributed by atoms with Crippen LogP contribution in [0.4, 0.5) is 5.69 Å². The summed E-state index contributed by atoms with van der Waals surface area (Å²) in [4.78, 5) is 26.8. The first-order valence-electron chi connectivity index (χ1n) is 10.3. The number of benzene rings is 2. The van der Waals surface area contributed by atoms with Gasteiger partial charge >= 0.3 is 0 Å². The maximum absolute atomic E-state index is 13.4. The van der Waals surface area contributed by atoms with Gasteiger partial charge < -0.3 is 10.2 Å². The summed E-state index contributed by atoms with van der Waals surface area (Å²) in [7, 11) is 0. The Hall–Kier alpha value is -3.20. The topological polar surface area (TPSA) is 93.0 Å². The fourth-order valence-electron chi connectivity index (χ4n) is 3.61. The molecule has 1 atom stereocenters. The van der Waals surface area contributed by atoms with Crippen LogP contribution in [0.15, 0.2) is 59.8 Å². The van der Waals surface area contributed by atoms with E-state index in [4.69, 9.17) is 0 Å². The van der Waals surface area contributed by atoms with Gasteiger partial charge in [0.15, 0.2) is 0 Å². The lowest BCUT2D eigenvalue weighted by molar-refractivity contribution is -0.131. The maximum Gasteiger partial charge on any atom is 0.240 e. The van der Waals surface area contributed by atoms with Gasteiger partial charge in [-0.15, -0.1) is 5.10 Å². The average Bonchev–Trinajstić information content (AvgIpc) is 3.26. The molecule has 0 bridgehead atoms. The zero-order chi connectivity index (χ0) is 21.6. The molecule has 1 aliphatic heterocycles. The monoisotopic (exact) mass is 436 g/mol. The highest BCUT2D eigenvalue weighted by Gasteiger charge is 2.30. The molecule has 1 aromatic heterocycles. The summed E-state index contributed by atoms with van der Waals surface area (Å²) < 4.78 is 1.59. The van der Waals surface area contributed by atoms with Crippen molar-refractivity contribution in [3.05, 3.63) is 60.2 Å². The van der Waals surface area contributed by atoms with Gasteiger partial charge in [-0.1, -0.05) is 48.2 Å². The van der Waals surface area contributed by atoms with Crippen molar-refractivity contribution >= 4 is 29.3 Å². The van der Waals surface area contributed by atoms with Crippen molar-refractivity contribution in [2.24, 2.45) is 0 Å². The molecule has 0 saturated carbocycles. The van der Waals surface area contributed by atoms with Crippen LogP contribution in [0.1, 0.15) is 37.0 Å². The molecule has 1 unspecified atom stereocenters. The molecule has 160 valence electrons. The molecule has 2 amide bonds. The number of carbonyl (C=O) groups is 2. The van der Waals surface area contributed by atoms with Crippen molar-refractivity contribution in [2.45, 2.75) is 36.6 Å². The van der Waals surface area contributed by atoms with Crippen LogP contribution in [0.2, 0.25) is 0 Å². The molecule has 0 radical (unpaired) electrons. The molecule has 9 heteroatoms. The van der Waals surface area contributed by atoms with E-state index in [1.54, 1.807) is 16.8 Å². The van der Waals surface area contributed by atoms with Gasteiger partial charge in [-0.25, -0.2) is 0 Å². The molecule has 0 aliphatic carbocycles. The van der Waals surface area contributed by atoms with Gasteiger partial charge in [0.25, 0.3) is 0 Å². The first-order chi connectivity index (χ1) is 15.1. The summed E-state index contributed by atoms with van der Waals surface area (Å²) in [5.41, 5.74) is 2.28. The first-order valence-corrected chi connectivity index (χ1v) is 11.2. The normalized spacial score (nSPS) is 14.8. The SMILES string of the molecule is CC(=O)Nc1cccc(-n2nnnc2SC(C(=O)N2CCCCC2)c2ccccc2)c1. The number of piperidine rings is 1. The van der Waals surface area contributed by atoms with Crippen LogP contribution < -0.4 is 5.32 Å².